The van der Waals surface area contributed by atoms with Crippen LogP contribution in [0.3, 0.4) is 0 Å². The van der Waals surface area contributed by atoms with E-state index in [-0.39, 0.29) is 0 Å². The van der Waals surface area contributed by atoms with E-state index in [1.807, 2.05) is 0 Å². The van der Waals surface area contributed by atoms with Crippen molar-refractivity contribution in [3.63, 3.8) is 0 Å². The molecular weight excluding hydrogens is 395 g/mol. The van der Waals surface area contributed by atoms with E-state index in [0.29, 0.717) is 0 Å². The SMILES string of the molecule is COc1ccc(C[P+](c2ccccc2C)(c2ccccc2C)c2ccccc2C)cc1. The van der Waals surface area contributed by atoms with Crippen LogP contribution in [0, 0.1) is 20.8 Å². The van der Waals surface area contributed by atoms with Gasteiger partial charge in [-0.05, 0) is 73.4 Å². The summed E-state index contributed by atoms with van der Waals surface area (Å²) in [6, 6.07) is 35.5. The first kappa shape index (κ1) is 21.3. The molecule has 0 atom stereocenters. The zero-order chi connectivity index (χ0) is 21.8. The van der Waals surface area contributed by atoms with E-state index in [9.17, 15) is 0 Å². The number of rotatable bonds is 6. The Kier molecular flexibility index (Phi) is 6.25. The molecule has 0 N–H and O–H groups in total. The Hall–Kier alpha value is -2.89. The molecule has 0 aliphatic rings. The van der Waals surface area contributed by atoms with Gasteiger partial charge in [-0.3, -0.25) is 0 Å². The van der Waals surface area contributed by atoms with E-state index in [1.165, 1.54) is 38.2 Å². The van der Waals surface area contributed by atoms with Crippen molar-refractivity contribution in [1.82, 2.24) is 0 Å². The maximum Gasteiger partial charge on any atom is 0.118 e. The third kappa shape index (κ3) is 4.03. The highest BCUT2D eigenvalue weighted by molar-refractivity contribution is 7.95. The molecule has 0 radical (unpaired) electrons. The summed E-state index contributed by atoms with van der Waals surface area (Å²) in [6.07, 6.45) is 0.984. The normalized spacial score (nSPS) is 11.4. The lowest BCUT2D eigenvalue weighted by molar-refractivity contribution is 0.414. The van der Waals surface area contributed by atoms with Crippen molar-refractivity contribution in [3.8, 4) is 5.75 Å². The molecule has 0 bridgehead atoms. The van der Waals surface area contributed by atoms with Gasteiger partial charge >= 0.3 is 0 Å². The van der Waals surface area contributed by atoms with Crippen LogP contribution in [-0.2, 0) is 6.16 Å². The summed E-state index contributed by atoms with van der Waals surface area (Å²) >= 11 is 0. The fraction of sp³-hybridized carbons (Fsp3) is 0.172. The summed E-state index contributed by atoms with van der Waals surface area (Å²) in [5.74, 6) is 0.898. The van der Waals surface area contributed by atoms with Crippen molar-refractivity contribution in [2.45, 2.75) is 26.9 Å². The number of hydrogen-bond acceptors (Lipinski definition) is 1. The van der Waals surface area contributed by atoms with Crippen LogP contribution in [0.4, 0.5) is 0 Å². The Morgan fingerprint density at radius 3 is 1.29 bits per heavy atom. The monoisotopic (exact) mass is 425 g/mol. The van der Waals surface area contributed by atoms with Crippen LogP contribution in [0.5, 0.6) is 5.75 Å². The molecule has 0 saturated heterocycles. The second-order valence-electron chi connectivity index (χ2n) is 8.18. The van der Waals surface area contributed by atoms with Crippen molar-refractivity contribution in [2.75, 3.05) is 7.11 Å². The highest BCUT2D eigenvalue weighted by atomic mass is 31.2. The highest BCUT2D eigenvalue weighted by Gasteiger charge is 2.48. The van der Waals surface area contributed by atoms with Crippen LogP contribution >= 0.6 is 7.26 Å². The van der Waals surface area contributed by atoms with Gasteiger partial charge in [0.2, 0.25) is 0 Å². The van der Waals surface area contributed by atoms with Crippen molar-refractivity contribution < 1.29 is 4.74 Å². The zero-order valence-corrected chi connectivity index (χ0v) is 19.7. The largest absolute Gasteiger partial charge is 0.497 e. The Balaban J connectivity index is 2.07. The second-order valence-corrected chi connectivity index (χ2v) is 11.6. The van der Waals surface area contributed by atoms with Gasteiger partial charge in [0.1, 0.15) is 28.9 Å². The maximum absolute atomic E-state index is 5.42. The van der Waals surface area contributed by atoms with Gasteiger partial charge in [-0.1, -0.05) is 66.7 Å². The number of ether oxygens (including phenoxy) is 1. The van der Waals surface area contributed by atoms with E-state index >= 15 is 0 Å². The third-order valence-corrected chi connectivity index (χ3v) is 11.0. The van der Waals surface area contributed by atoms with Gasteiger partial charge in [-0.15, -0.1) is 0 Å². The predicted molar refractivity (Wildman–Crippen MR) is 136 cm³/mol. The van der Waals surface area contributed by atoms with Crippen molar-refractivity contribution in [1.29, 1.82) is 0 Å². The molecule has 0 saturated carbocycles. The summed E-state index contributed by atoms with van der Waals surface area (Å²) in [5, 5.41) is 4.40. The fourth-order valence-corrected chi connectivity index (χ4v) is 9.72. The summed E-state index contributed by atoms with van der Waals surface area (Å²) < 4.78 is 5.42. The van der Waals surface area contributed by atoms with E-state index < -0.39 is 7.26 Å². The van der Waals surface area contributed by atoms with Crippen molar-refractivity contribution >= 4 is 23.2 Å². The molecule has 0 aromatic heterocycles. The maximum atomic E-state index is 5.42. The van der Waals surface area contributed by atoms with E-state index in [0.717, 1.165) is 11.9 Å². The van der Waals surface area contributed by atoms with Gasteiger partial charge in [0.05, 0.1) is 13.3 Å². The van der Waals surface area contributed by atoms with Crippen LogP contribution in [-0.4, -0.2) is 7.11 Å². The lowest BCUT2D eigenvalue weighted by Crippen LogP contribution is -2.36. The molecule has 0 amide bonds. The fourth-order valence-electron chi connectivity index (χ4n) is 4.62. The van der Waals surface area contributed by atoms with Gasteiger partial charge < -0.3 is 4.74 Å². The molecule has 4 aromatic rings. The first-order valence-electron chi connectivity index (χ1n) is 10.8. The van der Waals surface area contributed by atoms with Gasteiger partial charge in [0, 0.05) is 0 Å². The number of hydrogen-bond donors (Lipinski definition) is 0. The third-order valence-electron chi connectivity index (χ3n) is 6.16. The van der Waals surface area contributed by atoms with E-state index in [1.54, 1.807) is 7.11 Å². The van der Waals surface area contributed by atoms with Gasteiger partial charge in [0.15, 0.2) is 0 Å². The predicted octanol–water partition coefficient (Wildman–Crippen LogP) is 6.11. The average Bonchev–Trinajstić information content (AvgIpc) is 2.79. The van der Waals surface area contributed by atoms with Crippen LogP contribution in [0.15, 0.2) is 97.1 Å². The lowest BCUT2D eigenvalue weighted by Gasteiger charge is -2.31. The molecule has 0 unspecified atom stereocenters. The average molecular weight is 426 g/mol. The van der Waals surface area contributed by atoms with Gasteiger partial charge in [-0.2, -0.15) is 0 Å². The molecule has 4 rings (SSSR count). The van der Waals surface area contributed by atoms with E-state index in [2.05, 4.69) is 118 Å². The highest BCUT2D eigenvalue weighted by Crippen LogP contribution is 2.60. The number of benzene rings is 4. The Bertz CT molecular complexity index is 1070. The molecular formula is C29H30OP+. The summed E-state index contributed by atoms with van der Waals surface area (Å²) in [7, 11) is -0.230. The standard InChI is InChI=1S/C29H30OP/c1-22-11-5-8-14-27(22)31(28-15-9-6-12-23(28)2,29-16-10-7-13-24(29)3)21-25-17-19-26(30-4)20-18-25/h5-20H,21H2,1-4H3/q+1. The first-order chi connectivity index (χ1) is 15.1. The Labute approximate surface area is 187 Å². The number of methoxy groups -OCH3 is 1. The smallest absolute Gasteiger partial charge is 0.118 e. The molecule has 156 valence electrons. The quantitative estimate of drug-likeness (QED) is 0.339. The van der Waals surface area contributed by atoms with Gasteiger partial charge in [-0.25, -0.2) is 0 Å². The minimum Gasteiger partial charge on any atom is -0.497 e. The molecule has 2 heteroatoms. The topological polar surface area (TPSA) is 9.23 Å². The van der Waals surface area contributed by atoms with Crippen LogP contribution in [0.1, 0.15) is 22.3 Å². The summed E-state index contributed by atoms with van der Waals surface area (Å²) in [4.78, 5) is 0. The molecule has 0 spiro atoms. The minimum atomic E-state index is -1.95. The summed E-state index contributed by atoms with van der Waals surface area (Å²) in [6.45, 7) is 6.78. The van der Waals surface area contributed by atoms with E-state index in [4.69, 9.17) is 4.74 Å². The Morgan fingerprint density at radius 1 is 0.548 bits per heavy atom. The van der Waals surface area contributed by atoms with Crippen LogP contribution < -0.4 is 20.7 Å². The van der Waals surface area contributed by atoms with Gasteiger partial charge in [0.25, 0.3) is 0 Å². The van der Waals surface area contributed by atoms with Crippen LogP contribution in [0.25, 0.3) is 0 Å². The molecule has 0 aliphatic carbocycles. The number of aryl methyl sites for hydroxylation is 3. The molecule has 31 heavy (non-hydrogen) atoms. The summed E-state index contributed by atoms with van der Waals surface area (Å²) in [5.41, 5.74) is 5.41. The molecule has 0 aliphatic heterocycles. The molecule has 4 aromatic carbocycles. The molecule has 1 nitrogen and oxygen atoms in total. The second kappa shape index (κ2) is 9.08. The first-order valence-corrected chi connectivity index (χ1v) is 12.7. The van der Waals surface area contributed by atoms with Crippen LogP contribution in [0.2, 0.25) is 0 Å². The lowest BCUT2D eigenvalue weighted by atomic mass is 10.2. The van der Waals surface area contributed by atoms with Crippen molar-refractivity contribution in [2.24, 2.45) is 0 Å². The Morgan fingerprint density at radius 2 is 0.935 bits per heavy atom. The molecule has 0 heterocycles. The molecule has 0 fully saturated rings. The van der Waals surface area contributed by atoms with Crippen molar-refractivity contribution in [3.05, 3.63) is 119 Å². The zero-order valence-electron chi connectivity index (χ0n) is 18.8. The minimum absolute atomic E-state index is 0.898.